The smallest absolute Gasteiger partial charge is 0.179 e. The zero-order valence-electron chi connectivity index (χ0n) is 17.1. The van der Waals surface area contributed by atoms with Gasteiger partial charge in [-0.25, -0.2) is 0 Å². The second-order valence-corrected chi connectivity index (χ2v) is 7.74. The molecule has 0 atom stereocenters. The van der Waals surface area contributed by atoms with E-state index in [9.17, 15) is 4.79 Å². The number of carbonyl (C=O) groups excluding carboxylic acids is 1. The average molecular weight is 366 g/mol. The molecule has 27 heavy (non-hydrogen) atoms. The van der Waals surface area contributed by atoms with E-state index in [1.165, 1.54) is 36.0 Å². The third-order valence-electron chi connectivity index (χ3n) is 5.34. The number of aromatic nitrogens is 1. The average Bonchev–Trinajstić information content (AvgIpc) is 3.15. The van der Waals surface area contributed by atoms with Crippen LogP contribution in [0.15, 0.2) is 34.7 Å². The zero-order chi connectivity index (χ0) is 19.4. The maximum atomic E-state index is 12.9. The largest absolute Gasteiger partial charge is 0.460 e. The minimum Gasteiger partial charge on any atom is -0.460 e. The van der Waals surface area contributed by atoms with Gasteiger partial charge in [-0.2, -0.15) is 0 Å². The molecule has 0 aliphatic rings. The Hall–Kier alpha value is -2.29. The van der Waals surface area contributed by atoms with Crippen molar-refractivity contribution < 1.29 is 9.21 Å². The lowest BCUT2D eigenvalue weighted by atomic mass is 10.0. The highest BCUT2D eigenvalue weighted by atomic mass is 16.3. The molecule has 0 N–H and O–H groups in total. The molecule has 0 unspecified atom stereocenters. The van der Waals surface area contributed by atoms with Crippen LogP contribution in [-0.2, 0) is 6.54 Å². The summed E-state index contributed by atoms with van der Waals surface area (Å²) in [6.07, 6.45) is 6.41. The molecule has 0 saturated heterocycles. The van der Waals surface area contributed by atoms with Crippen molar-refractivity contribution in [3.05, 3.63) is 58.5 Å². The molecule has 3 aromatic rings. The van der Waals surface area contributed by atoms with Gasteiger partial charge in [-0.15, -0.1) is 0 Å². The topological polar surface area (TPSA) is 35.1 Å². The molecule has 0 aliphatic heterocycles. The number of fused-ring (bicyclic) bond motifs is 1. The van der Waals surface area contributed by atoms with Crippen LogP contribution in [0.5, 0.6) is 0 Å². The Morgan fingerprint density at radius 3 is 2.56 bits per heavy atom. The number of aryl methyl sites for hydroxylation is 3. The highest BCUT2D eigenvalue weighted by Crippen LogP contribution is 2.27. The summed E-state index contributed by atoms with van der Waals surface area (Å²) >= 11 is 0. The number of ketones is 1. The number of hydrogen-bond donors (Lipinski definition) is 0. The number of Topliss-reactive ketones (excluding diaryl/α,β-unsaturated/α-hetero) is 1. The molecule has 0 aliphatic carbocycles. The van der Waals surface area contributed by atoms with E-state index in [2.05, 4.69) is 43.5 Å². The maximum absolute atomic E-state index is 12.9. The van der Waals surface area contributed by atoms with Crippen molar-refractivity contribution in [1.82, 2.24) is 4.57 Å². The van der Waals surface area contributed by atoms with Gasteiger partial charge in [-0.05, 0) is 38.3 Å². The Morgan fingerprint density at radius 1 is 1.00 bits per heavy atom. The van der Waals surface area contributed by atoms with Crippen molar-refractivity contribution in [1.29, 1.82) is 0 Å². The molecule has 144 valence electrons. The Balaban J connectivity index is 1.86. The molecule has 3 nitrogen and oxygen atoms in total. The zero-order valence-corrected chi connectivity index (χ0v) is 17.1. The highest BCUT2D eigenvalue weighted by Gasteiger charge is 2.19. The summed E-state index contributed by atoms with van der Waals surface area (Å²) < 4.78 is 7.96. The quantitative estimate of drug-likeness (QED) is 0.310. The van der Waals surface area contributed by atoms with E-state index >= 15 is 0 Å². The summed E-state index contributed by atoms with van der Waals surface area (Å²) in [5, 5.41) is 0. The van der Waals surface area contributed by atoms with Crippen molar-refractivity contribution in [2.75, 3.05) is 0 Å². The molecule has 0 spiro atoms. The van der Waals surface area contributed by atoms with Crippen molar-refractivity contribution >= 4 is 16.9 Å². The Morgan fingerprint density at radius 2 is 1.78 bits per heavy atom. The van der Waals surface area contributed by atoms with Crippen molar-refractivity contribution in [2.24, 2.45) is 0 Å². The molecule has 0 fully saturated rings. The molecule has 1 aromatic carbocycles. The second-order valence-electron chi connectivity index (χ2n) is 7.74. The summed E-state index contributed by atoms with van der Waals surface area (Å²) in [7, 11) is 0. The minimum atomic E-state index is 0.223. The van der Waals surface area contributed by atoms with Crippen LogP contribution in [0.4, 0.5) is 0 Å². The van der Waals surface area contributed by atoms with Gasteiger partial charge in [0, 0.05) is 25.1 Å². The van der Waals surface area contributed by atoms with Crippen LogP contribution in [0.3, 0.4) is 0 Å². The highest BCUT2D eigenvalue weighted by molar-refractivity contribution is 5.99. The van der Waals surface area contributed by atoms with Crippen LogP contribution in [0.1, 0.15) is 78.4 Å². The number of furan rings is 1. The predicted octanol–water partition coefficient (Wildman–Crippen LogP) is 6.75. The van der Waals surface area contributed by atoms with Crippen molar-refractivity contribution in [3.63, 3.8) is 0 Å². The molecule has 0 amide bonds. The van der Waals surface area contributed by atoms with Gasteiger partial charge < -0.3 is 8.98 Å². The lowest BCUT2D eigenvalue weighted by Gasteiger charge is -2.12. The van der Waals surface area contributed by atoms with Crippen LogP contribution in [0, 0.1) is 20.8 Å². The van der Waals surface area contributed by atoms with Crippen LogP contribution in [0.25, 0.3) is 11.1 Å². The van der Waals surface area contributed by atoms with Gasteiger partial charge in [0.05, 0.1) is 11.2 Å². The van der Waals surface area contributed by atoms with E-state index in [4.69, 9.17) is 4.42 Å². The summed E-state index contributed by atoms with van der Waals surface area (Å²) in [5.74, 6) is 1.11. The SMILES string of the molecule is CCCCCCCC(=O)c1cc2oc(C)cc2n1Cc1cc(C)ccc1C. The Bertz CT molecular complexity index is 929. The molecular weight excluding hydrogens is 334 g/mol. The lowest BCUT2D eigenvalue weighted by Crippen LogP contribution is -2.11. The van der Waals surface area contributed by atoms with Gasteiger partial charge in [0.2, 0.25) is 0 Å². The van der Waals surface area contributed by atoms with Crippen LogP contribution >= 0.6 is 0 Å². The summed E-state index contributed by atoms with van der Waals surface area (Å²) in [5.41, 5.74) is 6.35. The third kappa shape index (κ3) is 4.52. The fourth-order valence-corrected chi connectivity index (χ4v) is 3.72. The molecule has 0 saturated carbocycles. The van der Waals surface area contributed by atoms with Gasteiger partial charge in [0.1, 0.15) is 5.76 Å². The fourth-order valence-electron chi connectivity index (χ4n) is 3.72. The number of unbranched alkanes of at least 4 members (excludes halogenated alkanes) is 4. The Labute approximate surface area is 162 Å². The standard InChI is InChI=1S/C24H31NO2/c1-5-6-7-8-9-10-23(26)21-15-24-22(14-19(4)27-24)25(21)16-20-13-17(2)11-12-18(20)3/h11-15H,5-10,16H2,1-4H3. The van der Waals surface area contributed by atoms with Crippen LogP contribution in [-0.4, -0.2) is 10.4 Å². The predicted molar refractivity (Wildman–Crippen MR) is 112 cm³/mol. The van der Waals surface area contributed by atoms with Gasteiger partial charge >= 0.3 is 0 Å². The molecular formula is C24H31NO2. The van der Waals surface area contributed by atoms with E-state index in [1.54, 1.807) is 0 Å². The molecule has 0 bridgehead atoms. The number of hydrogen-bond acceptors (Lipinski definition) is 2. The van der Waals surface area contributed by atoms with E-state index in [1.807, 2.05) is 19.1 Å². The first-order valence-electron chi connectivity index (χ1n) is 10.2. The monoisotopic (exact) mass is 365 g/mol. The van der Waals surface area contributed by atoms with Crippen LogP contribution in [0.2, 0.25) is 0 Å². The van der Waals surface area contributed by atoms with Crippen LogP contribution < -0.4 is 0 Å². The van der Waals surface area contributed by atoms with Gasteiger partial charge in [0.25, 0.3) is 0 Å². The lowest BCUT2D eigenvalue weighted by molar-refractivity contribution is 0.0971. The number of rotatable bonds is 9. The number of carbonyl (C=O) groups is 1. The molecule has 0 radical (unpaired) electrons. The second kappa shape index (κ2) is 8.60. The van der Waals surface area contributed by atoms with Gasteiger partial charge in [0.15, 0.2) is 11.4 Å². The normalized spacial score (nSPS) is 11.4. The summed E-state index contributed by atoms with van der Waals surface area (Å²) in [6, 6.07) is 10.5. The summed E-state index contributed by atoms with van der Waals surface area (Å²) in [4.78, 5) is 12.9. The van der Waals surface area contributed by atoms with Crippen molar-refractivity contribution in [2.45, 2.75) is 72.8 Å². The van der Waals surface area contributed by atoms with E-state index in [0.717, 1.165) is 35.4 Å². The summed E-state index contributed by atoms with van der Waals surface area (Å²) in [6.45, 7) is 9.11. The first kappa shape index (κ1) is 19.5. The third-order valence-corrected chi connectivity index (χ3v) is 5.34. The van der Waals surface area contributed by atoms with E-state index < -0.39 is 0 Å². The number of benzene rings is 1. The maximum Gasteiger partial charge on any atom is 0.179 e. The van der Waals surface area contributed by atoms with Gasteiger partial charge in [-0.3, -0.25) is 4.79 Å². The van der Waals surface area contributed by atoms with Crippen molar-refractivity contribution in [3.8, 4) is 0 Å². The fraction of sp³-hybridized carbons (Fsp3) is 0.458. The molecule has 3 rings (SSSR count). The number of nitrogens with zero attached hydrogens (tertiary/aromatic N) is 1. The first-order valence-corrected chi connectivity index (χ1v) is 10.2. The minimum absolute atomic E-state index is 0.223. The molecule has 2 heterocycles. The van der Waals surface area contributed by atoms with E-state index in [-0.39, 0.29) is 5.78 Å². The first-order chi connectivity index (χ1) is 13.0. The molecule has 2 aromatic heterocycles. The molecule has 3 heteroatoms. The Kier molecular flexibility index (Phi) is 6.20. The van der Waals surface area contributed by atoms with E-state index in [0.29, 0.717) is 13.0 Å². The van der Waals surface area contributed by atoms with Gasteiger partial charge in [-0.1, -0.05) is 56.4 Å².